The molecule has 0 spiro atoms. The van der Waals surface area contributed by atoms with Gasteiger partial charge in [0.1, 0.15) is 5.15 Å². The molecule has 0 radical (unpaired) electrons. The second kappa shape index (κ2) is 5.85. The normalized spacial score (nSPS) is 29.2. The quantitative estimate of drug-likeness (QED) is 0.828. The maximum atomic E-state index is 9.99. The van der Waals surface area contributed by atoms with Gasteiger partial charge in [-0.1, -0.05) is 11.6 Å². The van der Waals surface area contributed by atoms with Gasteiger partial charge in [-0.15, -0.1) is 0 Å². The Morgan fingerprint density at radius 2 is 2.35 bits per heavy atom. The van der Waals surface area contributed by atoms with Crippen molar-refractivity contribution in [2.24, 2.45) is 0 Å². The molecule has 20 heavy (non-hydrogen) atoms. The third-order valence-corrected chi connectivity index (χ3v) is 4.26. The van der Waals surface area contributed by atoms with Crippen LogP contribution in [0.4, 0.5) is 0 Å². The van der Waals surface area contributed by atoms with Crippen molar-refractivity contribution < 1.29 is 14.6 Å². The summed E-state index contributed by atoms with van der Waals surface area (Å²) in [6.45, 7) is 1.08. The maximum Gasteiger partial charge on any atom is 0.219 e. The van der Waals surface area contributed by atoms with E-state index in [2.05, 4.69) is 10.3 Å². The Labute approximate surface area is 123 Å². The van der Waals surface area contributed by atoms with Crippen LogP contribution < -0.4 is 10.1 Å². The molecule has 3 atom stereocenters. The lowest BCUT2D eigenvalue weighted by Crippen LogP contribution is -2.47. The number of rotatable bonds is 3. The Morgan fingerprint density at radius 1 is 1.50 bits per heavy atom. The van der Waals surface area contributed by atoms with Gasteiger partial charge in [-0.2, -0.15) is 0 Å². The summed E-state index contributed by atoms with van der Waals surface area (Å²) in [5.41, 5.74) is 2.26. The molecule has 2 heterocycles. The summed E-state index contributed by atoms with van der Waals surface area (Å²) in [6, 6.07) is 2.11. The summed E-state index contributed by atoms with van der Waals surface area (Å²) in [4.78, 5) is 4.24. The molecular formula is C14H19ClN2O3. The van der Waals surface area contributed by atoms with E-state index in [0.717, 1.165) is 24.8 Å². The Morgan fingerprint density at radius 3 is 3.10 bits per heavy atom. The number of aliphatic hydroxyl groups excluding tert-OH is 1. The van der Waals surface area contributed by atoms with E-state index in [1.807, 2.05) is 6.07 Å². The number of nitrogens with one attached hydrogen (secondary N) is 1. The number of aromatic nitrogens is 1. The predicted octanol–water partition coefficient (Wildman–Crippen LogP) is 1.47. The fraction of sp³-hybridized carbons (Fsp3) is 0.643. The molecule has 1 unspecified atom stereocenters. The first kappa shape index (κ1) is 14.1. The third kappa shape index (κ3) is 2.63. The van der Waals surface area contributed by atoms with E-state index in [0.29, 0.717) is 24.2 Å². The highest BCUT2D eigenvalue weighted by Crippen LogP contribution is 2.38. The van der Waals surface area contributed by atoms with Crippen LogP contribution in [0, 0.1) is 0 Å². The SMILES string of the molecule is COc1nc(Cl)cc2c1[C@@H](NC1CCOC[C@H]1O)CC2. The maximum absolute atomic E-state index is 9.99. The number of hydrogen-bond donors (Lipinski definition) is 2. The standard InChI is InChI=1S/C14H19ClN2O3/c1-19-14-13-8(6-12(15)17-14)2-3-10(13)16-9-4-5-20-7-11(9)18/h6,9-11,16,18H,2-5,7H2,1H3/t9?,10-,11+/m0/s1. The van der Waals surface area contributed by atoms with Crippen molar-refractivity contribution >= 4 is 11.6 Å². The minimum atomic E-state index is -0.459. The van der Waals surface area contributed by atoms with Crippen molar-refractivity contribution in [1.82, 2.24) is 10.3 Å². The summed E-state index contributed by atoms with van der Waals surface area (Å²) >= 11 is 6.00. The smallest absolute Gasteiger partial charge is 0.219 e. The average Bonchev–Trinajstić information content (AvgIpc) is 2.83. The van der Waals surface area contributed by atoms with Gasteiger partial charge < -0.3 is 19.9 Å². The van der Waals surface area contributed by atoms with Gasteiger partial charge >= 0.3 is 0 Å². The van der Waals surface area contributed by atoms with E-state index in [4.69, 9.17) is 21.1 Å². The molecule has 6 heteroatoms. The number of aryl methyl sites for hydroxylation is 1. The molecule has 5 nitrogen and oxygen atoms in total. The Kier molecular flexibility index (Phi) is 4.12. The van der Waals surface area contributed by atoms with Crippen LogP contribution in [0.1, 0.15) is 30.0 Å². The Balaban J connectivity index is 1.81. The predicted molar refractivity (Wildman–Crippen MR) is 75.2 cm³/mol. The number of pyridine rings is 1. The number of methoxy groups -OCH3 is 1. The highest BCUT2D eigenvalue weighted by atomic mass is 35.5. The zero-order valence-electron chi connectivity index (χ0n) is 11.4. The number of aliphatic hydroxyl groups is 1. The topological polar surface area (TPSA) is 63.6 Å². The Hall–Kier alpha value is -0.880. The largest absolute Gasteiger partial charge is 0.481 e. The van der Waals surface area contributed by atoms with Crippen LogP contribution in [-0.4, -0.2) is 42.6 Å². The fourth-order valence-corrected chi connectivity index (χ4v) is 3.28. The van der Waals surface area contributed by atoms with Crippen LogP contribution in [0.5, 0.6) is 5.88 Å². The van der Waals surface area contributed by atoms with Gasteiger partial charge in [-0.05, 0) is 30.9 Å². The van der Waals surface area contributed by atoms with Crippen molar-refractivity contribution in [3.05, 3.63) is 22.3 Å². The van der Waals surface area contributed by atoms with E-state index in [-0.39, 0.29) is 12.1 Å². The first-order chi connectivity index (χ1) is 9.69. The molecule has 1 fully saturated rings. The van der Waals surface area contributed by atoms with Crippen LogP contribution in [0.3, 0.4) is 0 Å². The summed E-state index contributed by atoms with van der Waals surface area (Å²) in [5, 5.41) is 14.0. The molecule has 0 bridgehead atoms. The lowest BCUT2D eigenvalue weighted by molar-refractivity contribution is -0.0304. The number of hydrogen-bond acceptors (Lipinski definition) is 5. The molecule has 1 saturated heterocycles. The van der Waals surface area contributed by atoms with Crippen LogP contribution in [-0.2, 0) is 11.2 Å². The lowest BCUT2D eigenvalue weighted by atomic mass is 10.0. The molecule has 0 aromatic carbocycles. The van der Waals surface area contributed by atoms with E-state index >= 15 is 0 Å². The number of halogens is 1. The molecule has 2 N–H and O–H groups in total. The second-order valence-electron chi connectivity index (χ2n) is 5.32. The molecule has 0 amide bonds. The molecule has 1 aliphatic carbocycles. The van der Waals surface area contributed by atoms with Gasteiger partial charge in [0.05, 0.1) is 19.8 Å². The molecule has 110 valence electrons. The van der Waals surface area contributed by atoms with Gasteiger partial charge in [-0.25, -0.2) is 4.98 Å². The first-order valence-electron chi connectivity index (χ1n) is 6.94. The van der Waals surface area contributed by atoms with Crippen molar-refractivity contribution in [2.75, 3.05) is 20.3 Å². The van der Waals surface area contributed by atoms with Crippen molar-refractivity contribution in [3.8, 4) is 5.88 Å². The zero-order chi connectivity index (χ0) is 14.1. The van der Waals surface area contributed by atoms with Crippen molar-refractivity contribution in [1.29, 1.82) is 0 Å². The average molecular weight is 299 g/mol. The molecule has 1 aromatic heterocycles. The van der Waals surface area contributed by atoms with Crippen LogP contribution >= 0.6 is 11.6 Å². The van der Waals surface area contributed by atoms with Crippen LogP contribution in [0.15, 0.2) is 6.07 Å². The summed E-state index contributed by atoms with van der Waals surface area (Å²) in [6.07, 6.45) is 2.28. The first-order valence-corrected chi connectivity index (χ1v) is 7.32. The van der Waals surface area contributed by atoms with E-state index in [1.165, 1.54) is 5.56 Å². The lowest BCUT2D eigenvalue weighted by Gasteiger charge is -2.31. The molecule has 3 rings (SSSR count). The van der Waals surface area contributed by atoms with Gasteiger partial charge in [-0.3, -0.25) is 0 Å². The van der Waals surface area contributed by atoms with Crippen LogP contribution in [0.2, 0.25) is 5.15 Å². The monoisotopic (exact) mass is 298 g/mol. The van der Waals surface area contributed by atoms with E-state index in [1.54, 1.807) is 7.11 Å². The van der Waals surface area contributed by atoms with Crippen molar-refractivity contribution in [2.45, 2.75) is 37.5 Å². The van der Waals surface area contributed by atoms with Gasteiger partial charge in [0, 0.05) is 24.3 Å². The van der Waals surface area contributed by atoms with Crippen molar-refractivity contribution in [3.63, 3.8) is 0 Å². The number of ether oxygens (including phenoxy) is 2. The molecular weight excluding hydrogens is 280 g/mol. The number of nitrogens with zero attached hydrogens (tertiary/aromatic N) is 1. The minimum Gasteiger partial charge on any atom is -0.481 e. The van der Waals surface area contributed by atoms with Gasteiger partial charge in [0.25, 0.3) is 0 Å². The highest BCUT2D eigenvalue weighted by molar-refractivity contribution is 6.29. The minimum absolute atomic E-state index is 0.0556. The molecule has 1 aliphatic heterocycles. The van der Waals surface area contributed by atoms with E-state index < -0.39 is 6.10 Å². The van der Waals surface area contributed by atoms with Gasteiger partial charge in [0.15, 0.2) is 0 Å². The Bertz CT molecular complexity index is 498. The molecule has 1 aromatic rings. The third-order valence-electron chi connectivity index (χ3n) is 4.06. The van der Waals surface area contributed by atoms with Crippen LogP contribution in [0.25, 0.3) is 0 Å². The summed E-state index contributed by atoms with van der Waals surface area (Å²) in [7, 11) is 1.61. The fourth-order valence-electron chi connectivity index (χ4n) is 3.07. The van der Waals surface area contributed by atoms with E-state index in [9.17, 15) is 5.11 Å². The van der Waals surface area contributed by atoms with Gasteiger partial charge in [0.2, 0.25) is 5.88 Å². The molecule has 0 saturated carbocycles. The molecule has 2 aliphatic rings. The summed E-state index contributed by atoms with van der Waals surface area (Å²) < 4.78 is 10.6. The number of fused-ring (bicyclic) bond motifs is 1. The zero-order valence-corrected chi connectivity index (χ0v) is 12.2. The second-order valence-corrected chi connectivity index (χ2v) is 5.71. The summed E-state index contributed by atoms with van der Waals surface area (Å²) in [5.74, 6) is 0.587. The highest BCUT2D eigenvalue weighted by Gasteiger charge is 2.32.